The van der Waals surface area contributed by atoms with E-state index >= 15 is 0 Å². The number of nitrogens with one attached hydrogen (secondary N) is 1. The molecule has 0 saturated heterocycles. The van der Waals surface area contributed by atoms with Crippen LogP contribution in [-0.4, -0.2) is 26.6 Å². The second-order valence-electron chi connectivity index (χ2n) is 6.81. The Bertz CT molecular complexity index is 914. The molecular formula is C21H27FN2O3S. The molecule has 2 aromatic rings. The van der Waals surface area contributed by atoms with Crippen LogP contribution in [-0.2, 0) is 14.8 Å². The van der Waals surface area contributed by atoms with Crippen LogP contribution in [0.1, 0.15) is 43.9 Å². The Morgan fingerprint density at radius 1 is 1.07 bits per heavy atom. The molecule has 0 unspecified atom stereocenters. The number of hydrogen-bond donors (Lipinski definition) is 1. The number of sulfonamides is 1. The number of rotatable bonds is 8. The maximum Gasteiger partial charge on any atom is 0.244 e. The molecule has 0 spiro atoms. The van der Waals surface area contributed by atoms with Crippen LogP contribution in [0.4, 0.5) is 10.1 Å². The summed E-state index contributed by atoms with van der Waals surface area (Å²) in [6.07, 6.45) is 1.83. The summed E-state index contributed by atoms with van der Waals surface area (Å²) in [6.45, 7) is 5.63. The SMILES string of the molecule is CC[C@H](C(=O)N[C@H](CC)c1ccc(C)cc1)N(c1ccccc1F)S(C)(=O)=O. The van der Waals surface area contributed by atoms with Crippen molar-refractivity contribution in [2.75, 3.05) is 10.6 Å². The Morgan fingerprint density at radius 2 is 1.68 bits per heavy atom. The van der Waals surface area contributed by atoms with Crippen LogP contribution in [0.15, 0.2) is 48.5 Å². The number of carbonyl (C=O) groups excluding carboxylic acids is 1. The lowest BCUT2D eigenvalue weighted by atomic mass is 10.0. The number of amides is 1. The van der Waals surface area contributed by atoms with Crippen molar-refractivity contribution in [1.29, 1.82) is 0 Å². The Balaban J connectivity index is 2.36. The van der Waals surface area contributed by atoms with Crippen molar-refractivity contribution in [3.05, 3.63) is 65.5 Å². The van der Waals surface area contributed by atoms with E-state index in [2.05, 4.69) is 5.32 Å². The lowest BCUT2D eigenvalue weighted by molar-refractivity contribution is -0.123. The molecule has 0 saturated carbocycles. The largest absolute Gasteiger partial charge is 0.347 e. The van der Waals surface area contributed by atoms with Crippen molar-refractivity contribution in [3.8, 4) is 0 Å². The zero-order chi connectivity index (χ0) is 20.9. The zero-order valence-corrected chi connectivity index (χ0v) is 17.5. The summed E-state index contributed by atoms with van der Waals surface area (Å²) in [5.41, 5.74) is 1.92. The summed E-state index contributed by atoms with van der Waals surface area (Å²) in [4.78, 5) is 13.0. The average Bonchev–Trinajstić information content (AvgIpc) is 2.64. The van der Waals surface area contributed by atoms with Gasteiger partial charge in [0.2, 0.25) is 15.9 Å². The van der Waals surface area contributed by atoms with E-state index in [0.717, 1.165) is 21.7 Å². The Kier molecular flexibility index (Phi) is 7.18. The predicted molar refractivity (Wildman–Crippen MR) is 110 cm³/mol. The number of hydrogen-bond acceptors (Lipinski definition) is 3. The highest BCUT2D eigenvalue weighted by Gasteiger charge is 2.33. The molecule has 0 radical (unpaired) electrons. The summed E-state index contributed by atoms with van der Waals surface area (Å²) >= 11 is 0. The van der Waals surface area contributed by atoms with E-state index < -0.39 is 27.8 Å². The van der Waals surface area contributed by atoms with E-state index in [0.29, 0.717) is 6.42 Å². The van der Waals surface area contributed by atoms with Gasteiger partial charge in [-0.2, -0.15) is 0 Å². The van der Waals surface area contributed by atoms with Crippen LogP contribution in [0.2, 0.25) is 0 Å². The molecule has 2 aromatic carbocycles. The molecule has 1 amide bonds. The Morgan fingerprint density at radius 3 is 2.18 bits per heavy atom. The van der Waals surface area contributed by atoms with Gasteiger partial charge in [-0.1, -0.05) is 55.8 Å². The number of anilines is 1. The molecule has 0 bridgehead atoms. The molecule has 7 heteroatoms. The van der Waals surface area contributed by atoms with Gasteiger partial charge in [-0.3, -0.25) is 9.10 Å². The molecule has 2 rings (SSSR count). The van der Waals surface area contributed by atoms with Gasteiger partial charge in [0.25, 0.3) is 0 Å². The van der Waals surface area contributed by atoms with Crippen LogP contribution in [0.25, 0.3) is 0 Å². The number of carbonyl (C=O) groups is 1. The molecule has 0 aliphatic rings. The highest BCUT2D eigenvalue weighted by Crippen LogP contribution is 2.26. The Hall–Kier alpha value is -2.41. The summed E-state index contributed by atoms with van der Waals surface area (Å²) in [6, 6.07) is 12.1. The van der Waals surface area contributed by atoms with Gasteiger partial charge in [0.05, 0.1) is 18.0 Å². The van der Waals surface area contributed by atoms with E-state index in [1.807, 2.05) is 38.1 Å². The van der Waals surface area contributed by atoms with Gasteiger partial charge in [0.15, 0.2) is 0 Å². The first-order chi connectivity index (χ1) is 13.2. The van der Waals surface area contributed by atoms with Crippen LogP contribution in [0.3, 0.4) is 0 Å². The fourth-order valence-corrected chi connectivity index (χ4v) is 4.37. The van der Waals surface area contributed by atoms with Gasteiger partial charge in [-0.15, -0.1) is 0 Å². The fraction of sp³-hybridized carbons (Fsp3) is 0.381. The van der Waals surface area contributed by atoms with Crippen LogP contribution in [0, 0.1) is 12.7 Å². The van der Waals surface area contributed by atoms with Crippen LogP contribution in [0.5, 0.6) is 0 Å². The van der Waals surface area contributed by atoms with E-state index in [1.54, 1.807) is 13.0 Å². The molecule has 0 aliphatic carbocycles. The molecule has 28 heavy (non-hydrogen) atoms. The van der Waals surface area contributed by atoms with E-state index in [1.165, 1.54) is 18.2 Å². The molecule has 1 N–H and O–H groups in total. The van der Waals surface area contributed by atoms with Crippen molar-refractivity contribution < 1.29 is 17.6 Å². The van der Waals surface area contributed by atoms with Gasteiger partial charge in [0.1, 0.15) is 11.9 Å². The molecule has 0 aliphatic heterocycles. The minimum atomic E-state index is -3.88. The van der Waals surface area contributed by atoms with Gasteiger partial charge < -0.3 is 5.32 Å². The number of nitrogens with zero attached hydrogens (tertiary/aromatic N) is 1. The average molecular weight is 407 g/mol. The first kappa shape index (κ1) is 21.9. The molecule has 5 nitrogen and oxygen atoms in total. The summed E-state index contributed by atoms with van der Waals surface area (Å²) < 4.78 is 40.1. The third-order valence-corrected chi connectivity index (χ3v) is 5.79. The van der Waals surface area contributed by atoms with Crippen molar-refractivity contribution >= 4 is 21.6 Å². The van der Waals surface area contributed by atoms with E-state index in [4.69, 9.17) is 0 Å². The van der Waals surface area contributed by atoms with E-state index in [9.17, 15) is 17.6 Å². The lowest BCUT2D eigenvalue weighted by Crippen LogP contribution is -2.50. The predicted octanol–water partition coefficient (Wildman–Crippen LogP) is 3.95. The van der Waals surface area contributed by atoms with Gasteiger partial charge in [0, 0.05) is 0 Å². The standard InChI is InChI=1S/C21H27FN2O3S/c1-5-18(16-13-11-15(3)12-14-16)23-21(25)19(6-2)24(28(4,26)27)20-10-8-7-9-17(20)22/h7-14,18-19H,5-6H2,1-4H3,(H,23,25)/t18-,19-/m1/s1. The second kappa shape index (κ2) is 9.19. The first-order valence-corrected chi connectivity index (χ1v) is 11.1. The van der Waals surface area contributed by atoms with Crippen molar-refractivity contribution in [2.45, 2.75) is 45.7 Å². The van der Waals surface area contributed by atoms with Crippen molar-refractivity contribution in [3.63, 3.8) is 0 Å². The maximum atomic E-state index is 14.3. The lowest BCUT2D eigenvalue weighted by Gasteiger charge is -2.31. The highest BCUT2D eigenvalue weighted by molar-refractivity contribution is 7.92. The smallest absolute Gasteiger partial charge is 0.244 e. The third-order valence-electron chi connectivity index (χ3n) is 4.62. The fourth-order valence-electron chi connectivity index (χ4n) is 3.15. The summed E-state index contributed by atoms with van der Waals surface area (Å²) in [5.74, 6) is -1.15. The van der Waals surface area contributed by atoms with Crippen LogP contribution < -0.4 is 9.62 Å². The zero-order valence-electron chi connectivity index (χ0n) is 16.6. The maximum absolute atomic E-state index is 14.3. The third kappa shape index (κ3) is 5.10. The van der Waals surface area contributed by atoms with Gasteiger partial charge in [-0.25, -0.2) is 12.8 Å². The number of benzene rings is 2. The number of halogens is 1. The minimum absolute atomic E-state index is 0.129. The molecule has 2 atom stereocenters. The Labute approximate surface area is 166 Å². The normalized spacial score (nSPS) is 13.6. The van der Waals surface area contributed by atoms with Gasteiger partial charge in [-0.05, 0) is 37.5 Å². The number of aryl methyl sites for hydroxylation is 1. The topological polar surface area (TPSA) is 66.5 Å². The monoisotopic (exact) mass is 406 g/mol. The first-order valence-electron chi connectivity index (χ1n) is 9.29. The van der Waals surface area contributed by atoms with Gasteiger partial charge >= 0.3 is 0 Å². The summed E-state index contributed by atoms with van der Waals surface area (Å²) in [5, 5.41) is 2.93. The molecule has 0 heterocycles. The molecule has 0 fully saturated rings. The number of para-hydroxylation sites is 1. The van der Waals surface area contributed by atoms with E-state index in [-0.39, 0.29) is 18.2 Å². The molecule has 152 valence electrons. The minimum Gasteiger partial charge on any atom is -0.347 e. The van der Waals surface area contributed by atoms with Crippen molar-refractivity contribution in [2.24, 2.45) is 0 Å². The molecular weight excluding hydrogens is 379 g/mol. The molecule has 0 aromatic heterocycles. The van der Waals surface area contributed by atoms with Crippen LogP contribution >= 0.6 is 0 Å². The highest BCUT2D eigenvalue weighted by atomic mass is 32.2. The summed E-state index contributed by atoms with van der Waals surface area (Å²) in [7, 11) is -3.88. The van der Waals surface area contributed by atoms with Crippen molar-refractivity contribution in [1.82, 2.24) is 5.32 Å². The second-order valence-corrected chi connectivity index (χ2v) is 8.67. The quantitative estimate of drug-likeness (QED) is 0.722.